The van der Waals surface area contributed by atoms with Crippen molar-refractivity contribution < 1.29 is 19.1 Å². The molecule has 7 nitrogen and oxygen atoms in total. The molecule has 1 fully saturated rings. The van der Waals surface area contributed by atoms with Crippen LogP contribution in [0.1, 0.15) is 12.0 Å². The van der Waals surface area contributed by atoms with Crippen molar-refractivity contribution in [3.63, 3.8) is 0 Å². The zero-order valence-electron chi connectivity index (χ0n) is 20.2. The summed E-state index contributed by atoms with van der Waals surface area (Å²) in [7, 11) is 1.59. The van der Waals surface area contributed by atoms with Gasteiger partial charge >= 0.3 is 0 Å². The molecule has 188 valence electrons. The van der Waals surface area contributed by atoms with E-state index in [1.165, 1.54) is 4.90 Å². The molecule has 0 radical (unpaired) electrons. The largest absolute Gasteiger partial charge is 0.497 e. The van der Waals surface area contributed by atoms with Gasteiger partial charge in [0.2, 0.25) is 5.91 Å². The van der Waals surface area contributed by atoms with Crippen molar-refractivity contribution in [1.82, 2.24) is 10.2 Å². The minimum Gasteiger partial charge on any atom is -0.497 e. The zero-order chi connectivity index (χ0) is 25.8. The number of benzene rings is 3. The van der Waals surface area contributed by atoms with Crippen molar-refractivity contribution in [2.24, 2.45) is 0 Å². The van der Waals surface area contributed by atoms with E-state index in [0.717, 1.165) is 38.5 Å². The highest BCUT2D eigenvalue weighted by molar-refractivity contribution is 8.18. The summed E-state index contributed by atoms with van der Waals surface area (Å²) in [5.74, 6) is 0.238. The van der Waals surface area contributed by atoms with E-state index in [9.17, 15) is 14.4 Å². The molecule has 9 heteroatoms. The molecule has 2 heterocycles. The molecular weight excluding hydrogens is 506 g/mol. The van der Waals surface area contributed by atoms with Crippen LogP contribution in [-0.4, -0.2) is 48.7 Å². The van der Waals surface area contributed by atoms with Crippen LogP contribution < -0.4 is 15.0 Å². The molecule has 0 aliphatic carbocycles. The Labute approximate surface area is 223 Å². The van der Waals surface area contributed by atoms with Gasteiger partial charge in [-0.2, -0.15) is 0 Å². The summed E-state index contributed by atoms with van der Waals surface area (Å²) in [5, 5.41) is 2.52. The third-order valence-corrected chi connectivity index (χ3v) is 8.08. The first-order valence-corrected chi connectivity index (χ1v) is 13.5. The van der Waals surface area contributed by atoms with E-state index in [-0.39, 0.29) is 36.6 Å². The SMILES string of the molecule is COc1ccc(C=C2SC(=O)N(CCNC(=O)CCN3c4ccccc4Sc4ccccc43)C2=O)cc1. The average Bonchev–Trinajstić information content (AvgIpc) is 3.18. The first-order chi connectivity index (χ1) is 18.0. The summed E-state index contributed by atoms with van der Waals surface area (Å²) < 4.78 is 5.15. The quantitative estimate of drug-likeness (QED) is 0.382. The molecule has 0 spiro atoms. The lowest BCUT2D eigenvalue weighted by molar-refractivity contribution is -0.124. The molecule has 0 unspecified atom stereocenters. The number of para-hydroxylation sites is 2. The topological polar surface area (TPSA) is 79.0 Å². The number of methoxy groups -OCH3 is 1. The molecule has 2 aliphatic rings. The van der Waals surface area contributed by atoms with Gasteiger partial charge in [-0.1, -0.05) is 48.2 Å². The molecule has 1 saturated heterocycles. The number of hydrogen-bond donors (Lipinski definition) is 1. The lowest BCUT2D eigenvalue weighted by Crippen LogP contribution is -2.38. The van der Waals surface area contributed by atoms with Crippen LogP contribution in [0.3, 0.4) is 0 Å². The van der Waals surface area contributed by atoms with Gasteiger partial charge in [-0.3, -0.25) is 19.3 Å². The lowest BCUT2D eigenvalue weighted by Gasteiger charge is -2.32. The number of nitrogens with zero attached hydrogens (tertiary/aromatic N) is 2. The number of anilines is 2. The monoisotopic (exact) mass is 531 g/mol. The fraction of sp³-hybridized carbons (Fsp3) is 0.179. The fourth-order valence-corrected chi connectivity index (χ4v) is 6.14. The van der Waals surface area contributed by atoms with Crippen molar-refractivity contribution in [3.8, 4) is 5.75 Å². The van der Waals surface area contributed by atoms with Crippen LogP contribution in [0.25, 0.3) is 6.08 Å². The highest BCUT2D eigenvalue weighted by Gasteiger charge is 2.34. The van der Waals surface area contributed by atoms with Gasteiger partial charge in [0, 0.05) is 35.8 Å². The minimum atomic E-state index is -0.348. The van der Waals surface area contributed by atoms with Crippen molar-refractivity contribution >= 4 is 58.0 Å². The van der Waals surface area contributed by atoms with E-state index in [1.54, 1.807) is 37.1 Å². The second kappa shape index (κ2) is 11.1. The van der Waals surface area contributed by atoms with Gasteiger partial charge in [-0.15, -0.1) is 0 Å². The second-order valence-electron chi connectivity index (χ2n) is 8.40. The minimum absolute atomic E-state index is 0.127. The van der Waals surface area contributed by atoms with Crippen LogP contribution in [0.5, 0.6) is 5.75 Å². The van der Waals surface area contributed by atoms with Gasteiger partial charge in [0.05, 0.1) is 23.4 Å². The van der Waals surface area contributed by atoms with Crippen molar-refractivity contribution in [2.45, 2.75) is 16.2 Å². The van der Waals surface area contributed by atoms with Crippen molar-refractivity contribution in [3.05, 3.63) is 83.3 Å². The van der Waals surface area contributed by atoms with Crippen LogP contribution in [-0.2, 0) is 9.59 Å². The van der Waals surface area contributed by atoms with Crippen LogP contribution in [0.15, 0.2) is 87.5 Å². The number of rotatable bonds is 8. The number of carbonyl (C=O) groups is 3. The summed E-state index contributed by atoms with van der Waals surface area (Å²) in [5.41, 5.74) is 2.97. The van der Waals surface area contributed by atoms with Crippen LogP contribution in [0.4, 0.5) is 16.2 Å². The number of nitrogens with one attached hydrogen (secondary N) is 1. The number of thioether (sulfide) groups is 1. The number of imide groups is 1. The third-order valence-electron chi connectivity index (χ3n) is 6.04. The van der Waals surface area contributed by atoms with Gasteiger partial charge in [0.1, 0.15) is 5.75 Å². The molecule has 0 saturated carbocycles. The molecule has 2 aliphatic heterocycles. The second-order valence-corrected chi connectivity index (χ2v) is 10.5. The summed E-state index contributed by atoms with van der Waals surface area (Å²) in [6.45, 7) is 0.852. The summed E-state index contributed by atoms with van der Waals surface area (Å²) >= 11 is 2.63. The molecule has 37 heavy (non-hydrogen) atoms. The summed E-state index contributed by atoms with van der Waals surface area (Å²) in [6, 6.07) is 23.6. The maximum Gasteiger partial charge on any atom is 0.293 e. The first-order valence-electron chi connectivity index (χ1n) is 11.8. The molecule has 3 aromatic rings. The number of amides is 3. The third kappa shape index (κ3) is 5.52. The number of ether oxygens (including phenoxy) is 1. The number of hydrogen-bond acceptors (Lipinski definition) is 7. The highest BCUT2D eigenvalue weighted by Crippen LogP contribution is 2.47. The maximum absolute atomic E-state index is 12.8. The van der Waals surface area contributed by atoms with Crippen molar-refractivity contribution in [2.75, 3.05) is 31.6 Å². The normalized spacial score (nSPS) is 15.5. The van der Waals surface area contributed by atoms with Gasteiger partial charge in [0.25, 0.3) is 11.1 Å². The van der Waals surface area contributed by atoms with Gasteiger partial charge in [0.15, 0.2) is 0 Å². The Bertz CT molecular complexity index is 1330. The standard InChI is InChI=1S/C28H25N3O4S2/c1-35-20-12-10-19(11-13-20)18-25-27(33)31(28(34)37-25)17-15-29-26(32)14-16-30-21-6-2-4-8-23(21)36-24-9-5-3-7-22(24)30/h2-13,18H,14-17H2,1H3,(H,29,32). The molecule has 0 bridgehead atoms. The Kier molecular flexibility index (Phi) is 7.52. The fourth-order valence-electron chi connectivity index (χ4n) is 4.18. The van der Waals surface area contributed by atoms with Gasteiger partial charge in [-0.05, 0) is 59.8 Å². The van der Waals surface area contributed by atoms with E-state index in [4.69, 9.17) is 4.74 Å². The number of fused-ring (bicyclic) bond motifs is 2. The van der Waals surface area contributed by atoms with Gasteiger partial charge < -0.3 is 15.0 Å². The number of carbonyl (C=O) groups excluding carboxylic acids is 3. The Morgan fingerprint density at radius 3 is 2.16 bits per heavy atom. The lowest BCUT2D eigenvalue weighted by atomic mass is 10.2. The Hall–Kier alpha value is -3.69. The maximum atomic E-state index is 12.8. The van der Waals surface area contributed by atoms with E-state index < -0.39 is 0 Å². The van der Waals surface area contributed by atoms with E-state index >= 15 is 0 Å². The van der Waals surface area contributed by atoms with Crippen LogP contribution >= 0.6 is 23.5 Å². The molecule has 3 amide bonds. The highest BCUT2D eigenvalue weighted by atomic mass is 32.2. The Morgan fingerprint density at radius 1 is 0.865 bits per heavy atom. The van der Waals surface area contributed by atoms with E-state index in [0.29, 0.717) is 17.2 Å². The average molecular weight is 532 g/mol. The van der Waals surface area contributed by atoms with E-state index in [1.807, 2.05) is 36.4 Å². The molecule has 5 rings (SSSR count). The smallest absolute Gasteiger partial charge is 0.293 e. The Morgan fingerprint density at radius 2 is 1.51 bits per heavy atom. The van der Waals surface area contributed by atoms with Gasteiger partial charge in [-0.25, -0.2) is 0 Å². The predicted octanol–water partition coefficient (Wildman–Crippen LogP) is 5.54. The van der Waals surface area contributed by atoms with Crippen LogP contribution in [0.2, 0.25) is 0 Å². The molecule has 0 aromatic heterocycles. The van der Waals surface area contributed by atoms with Crippen molar-refractivity contribution in [1.29, 1.82) is 0 Å². The predicted molar refractivity (Wildman–Crippen MR) is 147 cm³/mol. The summed E-state index contributed by atoms with van der Waals surface area (Å²) in [4.78, 5) is 43.8. The zero-order valence-corrected chi connectivity index (χ0v) is 21.8. The Balaban J connectivity index is 1.15. The summed E-state index contributed by atoms with van der Waals surface area (Å²) in [6.07, 6.45) is 1.97. The molecular formula is C28H25N3O4S2. The molecule has 3 aromatic carbocycles. The molecule has 0 atom stereocenters. The first kappa shape index (κ1) is 25.0. The molecule has 1 N–H and O–H groups in total. The van der Waals surface area contributed by atoms with Crippen LogP contribution in [0, 0.1) is 0 Å². The van der Waals surface area contributed by atoms with E-state index in [2.05, 4.69) is 34.5 Å².